The number of para-hydroxylation sites is 1. The summed E-state index contributed by atoms with van der Waals surface area (Å²) in [6, 6.07) is 15.9. The monoisotopic (exact) mass is 406 g/mol. The van der Waals surface area contributed by atoms with Gasteiger partial charge in [-0.15, -0.1) is 11.3 Å². The number of methoxy groups -OCH3 is 1. The molecule has 1 amide bonds. The molecule has 148 valence electrons. The molecule has 0 aliphatic rings. The van der Waals surface area contributed by atoms with Crippen LogP contribution >= 0.6 is 11.3 Å². The number of hydrogen-bond acceptors (Lipinski definition) is 5. The molecule has 4 aromatic rings. The van der Waals surface area contributed by atoms with Crippen molar-refractivity contribution in [3.8, 4) is 11.3 Å². The highest BCUT2D eigenvalue weighted by molar-refractivity contribution is 7.09. The highest BCUT2D eigenvalue weighted by Gasteiger charge is 2.19. The Labute approximate surface area is 173 Å². The smallest absolute Gasteiger partial charge is 0.287 e. The first-order valence-electron chi connectivity index (χ1n) is 9.44. The number of amides is 1. The molecule has 0 bridgehead atoms. The summed E-state index contributed by atoms with van der Waals surface area (Å²) in [6.07, 6.45) is 0.738. The van der Waals surface area contributed by atoms with E-state index < -0.39 is 0 Å². The highest BCUT2D eigenvalue weighted by atomic mass is 32.1. The maximum atomic E-state index is 12.7. The van der Waals surface area contributed by atoms with Crippen molar-refractivity contribution in [3.05, 3.63) is 75.8 Å². The number of ether oxygens (including phenoxy) is 1. The molecule has 0 atom stereocenters. The van der Waals surface area contributed by atoms with Crippen LogP contribution in [0.1, 0.15) is 26.7 Å². The van der Waals surface area contributed by atoms with Crippen LogP contribution in [0.5, 0.6) is 0 Å². The zero-order chi connectivity index (χ0) is 20.2. The first-order valence-corrected chi connectivity index (χ1v) is 10.3. The topological polar surface area (TPSA) is 64.4 Å². The predicted octanol–water partition coefficient (Wildman–Crippen LogP) is 4.98. The number of fused-ring (bicyclic) bond motifs is 1. The molecule has 0 spiro atoms. The summed E-state index contributed by atoms with van der Waals surface area (Å²) in [4.78, 5) is 17.2. The third kappa shape index (κ3) is 4.23. The Morgan fingerprint density at radius 1 is 1.17 bits per heavy atom. The van der Waals surface area contributed by atoms with Crippen molar-refractivity contribution in [2.24, 2.45) is 0 Å². The zero-order valence-electron chi connectivity index (χ0n) is 16.4. The van der Waals surface area contributed by atoms with Crippen molar-refractivity contribution in [3.63, 3.8) is 0 Å². The van der Waals surface area contributed by atoms with Crippen LogP contribution in [0.2, 0.25) is 0 Å². The molecule has 1 N–H and O–H groups in total. The third-order valence-corrected chi connectivity index (χ3v) is 5.53. The lowest BCUT2D eigenvalue weighted by Crippen LogP contribution is -2.26. The van der Waals surface area contributed by atoms with E-state index in [1.807, 2.05) is 31.2 Å². The Morgan fingerprint density at radius 3 is 2.69 bits per heavy atom. The van der Waals surface area contributed by atoms with Gasteiger partial charge >= 0.3 is 0 Å². The van der Waals surface area contributed by atoms with Gasteiger partial charge in [-0.2, -0.15) is 0 Å². The minimum absolute atomic E-state index is 0.220. The number of nitrogens with zero attached hydrogens (tertiary/aromatic N) is 1. The minimum Gasteiger partial charge on any atom is -0.451 e. The highest BCUT2D eigenvalue weighted by Crippen LogP contribution is 2.26. The Kier molecular flexibility index (Phi) is 5.74. The zero-order valence-corrected chi connectivity index (χ0v) is 17.2. The molecule has 29 heavy (non-hydrogen) atoms. The van der Waals surface area contributed by atoms with Crippen molar-refractivity contribution in [1.29, 1.82) is 0 Å². The standard InChI is InChI=1S/C23H22N2O3S/c1-15-25-20(14-29-15)17-9-7-16(8-10-17)11-12-24-23(26)22-19(13-27-2)18-5-3-4-6-21(18)28-22/h3-10,14H,11-13H2,1-2H3,(H,24,26). The number of rotatable bonds is 7. The molecule has 0 aliphatic carbocycles. The van der Waals surface area contributed by atoms with Gasteiger partial charge in [0, 0.05) is 35.5 Å². The SMILES string of the molecule is COCc1c(C(=O)NCCc2ccc(-c3csc(C)n3)cc2)oc2ccccc12. The molecule has 6 heteroatoms. The van der Waals surface area contributed by atoms with Gasteiger partial charge in [0.15, 0.2) is 5.76 Å². The average molecular weight is 407 g/mol. The number of furan rings is 1. The lowest BCUT2D eigenvalue weighted by atomic mass is 10.1. The molecule has 0 unspecified atom stereocenters. The van der Waals surface area contributed by atoms with Crippen LogP contribution in [0, 0.1) is 6.92 Å². The molecule has 4 rings (SSSR count). The van der Waals surface area contributed by atoms with Crippen molar-refractivity contribution in [2.45, 2.75) is 20.0 Å². The van der Waals surface area contributed by atoms with Crippen LogP contribution in [0.15, 0.2) is 58.3 Å². The van der Waals surface area contributed by atoms with Crippen LogP contribution in [0.3, 0.4) is 0 Å². The summed E-state index contributed by atoms with van der Waals surface area (Å²) in [6.45, 7) is 2.86. The molecule has 2 heterocycles. The Balaban J connectivity index is 1.40. The van der Waals surface area contributed by atoms with Gasteiger partial charge < -0.3 is 14.5 Å². The maximum absolute atomic E-state index is 12.7. The van der Waals surface area contributed by atoms with Gasteiger partial charge in [0.1, 0.15) is 5.58 Å². The fraction of sp³-hybridized carbons (Fsp3) is 0.217. The number of nitrogens with one attached hydrogen (secondary N) is 1. The van der Waals surface area contributed by atoms with Gasteiger partial charge in [-0.05, 0) is 25.0 Å². The Morgan fingerprint density at radius 2 is 1.97 bits per heavy atom. The first-order chi connectivity index (χ1) is 14.2. The quantitative estimate of drug-likeness (QED) is 0.470. The lowest BCUT2D eigenvalue weighted by molar-refractivity contribution is 0.0922. The number of aromatic nitrogens is 1. The van der Waals surface area contributed by atoms with E-state index in [1.165, 1.54) is 0 Å². The van der Waals surface area contributed by atoms with E-state index in [2.05, 4.69) is 39.9 Å². The van der Waals surface area contributed by atoms with Crippen molar-refractivity contribution < 1.29 is 13.9 Å². The molecule has 0 radical (unpaired) electrons. The lowest BCUT2D eigenvalue weighted by Gasteiger charge is -2.06. The minimum atomic E-state index is -0.220. The van der Waals surface area contributed by atoms with E-state index in [9.17, 15) is 4.79 Å². The van der Waals surface area contributed by atoms with Gasteiger partial charge in [-0.25, -0.2) is 4.98 Å². The summed E-state index contributed by atoms with van der Waals surface area (Å²) in [7, 11) is 1.61. The number of carbonyl (C=O) groups is 1. The van der Waals surface area contributed by atoms with Crippen LogP contribution in [0.25, 0.3) is 22.2 Å². The van der Waals surface area contributed by atoms with Crippen LogP contribution in [-0.4, -0.2) is 24.5 Å². The second-order valence-corrected chi connectivity index (χ2v) is 7.86. The Bertz CT molecular complexity index is 1130. The van der Waals surface area contributed by atoms with E-state index in [1.54, 1.807) is 18.4 Å². The summed E-state index contributed by atoms with van der Waals surface area (Å²) in [5.74, 6) is 0.102. The fourth-order valence-corrected chi connectivity index (χ4v) is 3.93. The van der Waals surface area contributed by atoms with Gasteiger partial charge in [-0.3, -0.25) is 4.79 Å². The largest absolute Gasteiger partial charge is 0.451 e. The number of thiazole rings is 1. The maximum Gasteiger partial charge on any atom is 0.287 e. The molecule has 2 aromatic carbocycles. The van der Waals surface area contributed by atoms with E-state index in [-0.39, 0.29) is 5.91 Å². The van der Waals surface area contributed by atoms with E-state index >= 15 is 0 Å². The van der Waals surface area contributed by atoms with Crippen molar-refractivity contribution in [2.75, 3.05) is 13.7 Å². The van der Waals surface area contributed by atoms with E-state index in [0.29, 0.717) is 24.5 Å². The first kappa shape index (κ1) is 19.4. The predicted molar refractivity (Wildman–Crippen MR) is 115 cm³/mol. The summed E-state index contributed by atoms with van der Waals surface area (Å²) >= 11 is 1.65. The van der Waals surface area contributed by atoms with Crippen molar-refractivity contribution >= 4 is 28.2 Å². The number of hydrogen-bond donors (Lipinski definition) is 1. The van der Waals surface area contributed by atoms with E-state index in [4.69, 9.17) is 9.15 Å². The Hall–Kier alpha value is -2.96. The molecule has 0 aliphatic heterocycles. The van der Waals surface area contributed by atoms with Gasteiger partial charge in [0.25, 0.3) is 5.91 Å². The van der Waals surface area contributed by atoms with Crippen LogP contribution in [0.4, 0.5) is 0 Å². The second kappa shape index (κ2) is 8.59. The molecule has 2 aromatic heterocycles. The summed E-state index contributed by atoms with van der Waals surface area (Å²) in [5, 5.41) is 6.99. The van der Waals surface area contributed by atoms with Crippen molar-refractivity contribution in [1.82, 2.24) is 10.3 Å². The normalized spacial score (nSPS) is 11.1. The molecule has 0 saturated heterocycles. The van der Waals surface area contributed by atoms with Gasteiger partial charge in [0.2, 0.25) is 0 Å². The number of benzene rings is 2. The molecule has 0 saturated carbocycles. The average Bonchev–Trinajstić information content (AvgIpc) is 3.33. The van der Waals surface area contributed by atoms with Gasteiger partial charge in [-0.1, -0.05) is 42.5 Å². The molecular weight excluding hydrogens is 384 g/mol. The fourth-order valence-electron chi connectivity index (χ4n) is 3.31. The van der Waals surface area contributed by atoms with E-state index in [0.717, 1.165) is 39.2 Å². The van der Waals surface area contributed by atoms with Crippen LogP contribution < -0.4 is 5.32 Å². The summed E-state index contributed by atoms with van der Waals surface area (Å²) in [5.41, 5.74) is 4.74. The second-order valence-electron chi connectivity index (χ2n) is 6.79. The number of carbonyl (C=O) groups excluding carboxylic acids is 1. The third-order valence-electron chi connectivity index (χ3n) is 4.76. The molecule has 0 fully saturated rings. The number of aryl methyl sites for hydroxylation is 1. The molecular formula is C23H22N2O3S. The molecule has 5 nitrogen and oxygen atoms in total. The van der Waals surface area contributed by atoms with Gasteiger partial charge in [0.05, 0.1) is 17.3 Å². The van der Waals surface area contributed by atoms with Crippen LogP contribution in [-0.2, 0) is 17.8 Å². The summed E-state index contributed by atoms with van der Waals surface area (Å²) < 4.78 is 11.0.